The monoisotopic (exact) mass is 337 g/mol. The van der Waals surface area contributed by atoms with Gasteiger partial charge in [-0.15, -0.1) is 0 Å². The number of aliphatic hydroxyl groups is 1. The molecule has 0 unspecified atom stereocenters. The molecular formula is C16H20BrNO2. The van der Waals surface area contributed by atoms with Crippen LogP contribution in [0.2, 0.25) is 0 Å². The van der Waals surface area contributed by atoms with Crippen LogP contribution in [-0.2, 0) is 10.2 Å². The molecule has 0 bridgehead atoms. The maximum Gasteiger partial charge on any atom is 0.230 e. The molecule has 3 rings (SSSR count). The number of hydrogen-bond donors (Lipinski definition) is 2. The predicted octanol–water partition coefficient (Wildman–Crippen LogP) is 2.90. The van der Waals surface area contributed by atoms with Crippen molar-refractivity contribution in [1.29, 1.82) is 0 Å². The molecule has 2 aliphatic carbocycles. The minimum atomic E-state index is -0.306. The first-order chi connectivity index (χ1) is 9.60. The summed E-state index contributed by atoms with van der Waals surface area (Å²) in [5.74, 6) is 0.164. The van der Waals surface area contributed by atoms with E-state index in [0.29, 0.717) is 0 Å². The second-order valence-corrected chi connectivity index (χ2v) is 6.99. The Morgan fingerprint density at radius 3 is 2.55 bits per heavy atom. The van der Waals surface area contributed by atoms with E-state index in [0.717, 1.165) is 48.6 Å². The van der Waals surface area contributed by atoms with Gasteiger partial charge in [-0.3, -0.25) is 4.79 Å². The fourth-order valence-electron chi connectivity index (χ4n) is 3.10. The highest BCUT2D eigenvalue weighted by molar-refractivity contribution is 9.10. The van der Waals surface area contributed by atoms with Gasteiger partial charge in [-0.1, -0.05) is 28.1 Å². The van der Waals surface area contributed by atoms with Crippen molar-refractivity contribution in [3.8, 4) is 0 Å². The molecule has 2 saturated carbocycles. The van der Waals surface area contributed by atoms with Crippen molar-refractivity contribution in [3.63, 3.8) is 0 Å². The third-order valence-corrected chi connectivity index (χ3v) is 5.09. The van der Waals surface area contributed by atoms with Crippen LogP contribution in [0.5, 0.6) is 0 Å². The summed E-state index contributed by atoms with van der Waals surface area (Å²) in [6.07, 6.45) is 5.07. The average Bonchev–Trinajstić information content (AvgIpc) is 3.23. The lowest BCUT2D eigenvalue weighted by atomic mass is 9.90. The Morgan fingerprint density at radius 2 is 1.95 bits per heavy atom. The third kappa shape index (κ3) is 2.77. The van der Waals surface area contributed by atoms with Crippen LogP contribution < -0.4 is 5.32 Å². The Kier molecular flexibility index (Phi) is 3.87. The molecule has 0 saturated heterocycles. The largest absolute Gasteiger partial charge is 0.393 e. The highest BCUT2D eigenvalue weighted by Gasteiger charge is 2.51. The molecule has 20 heavy (non-hydrogen) atoms. The zero-order chi connectivity index (χ0) is 14.2. The molecule has 0 radical (unpaired) electrons. The molecule has 108 valence electrons. The van der Waals surface area contributed by atoms with E-state index in [2.05, 4.69) is 27.3 Å². The van der Waals surface area contributed by atoms with Gasteiger partial charge in [0, 0.05) is 10.5 Å². The summed E-state index contributed by atoms with van der Waals surface area (Å²) in [6.45, 7) is 0. The predicted molar refractivity (Wildman–Crippen MR) is 81.5 cm³/mol. The number of carbonyl (C=O) groups is 1. The molecule has 2 aliphatic rings. The summed E-state index contributed by atoms with van der Waals surface area (Å²) in [6, 6.07) is 8.30. The van der Waals surface area contributed by atoms with Gasteiger partial charge in [-0.2, -0.15) is 0 Å². The van der Waals surface area contributed by atoms with Gasteiger partial charge in [-0.05, 0) is 56.2 Å². The SMILES string of the molecule is O=C(NC1CCC(O)CC1)C1(c2cccc(Br)c2)CC1. The number of aliphatic hydroxyl groups excluding tert-OH is 1. The topological polar surface area (TPSA) is 49.3 Å². The fraction of sp³-hybridized carbons (Fsp3) is 0.562. The number of benzene rings is 1. The van der Waals surface area contributed by atoms with Crippen LogP contribution in [0, 0.1) is 0 Å². The molecule has 0 spiro atoms. The van der Waals surface area contributed by atoms with Crippen LogP contribution in [0.3, 0.4) is 0 Å². The summed E-state index contributed by atoms with van der Waals surface area (Å²) in [5, 5.41) is 12.7. The molecule has 1 aromatic carbocycles. The Balaban J connectivity index is 1.68. The molecule has 0 heterocycles. The van der Waals surface area contributed by atoms with E-state index in [1.165, 1.54) is 0 Å². The Bertz CT molecular complexity index is 505. The molecule has 4 heteroatoms. The normalized spacial score (nSPS) is 27.9. The number of hydrogen-bond acceptors (Lipinski definition) is 2. The molecule has 1 aromatic rings. The zero-order valence-electron chi connectivity index (χ0n) is 11.4. The molecule has 3 nitrogen and oxygen atoms in total. The number of halogens is 1. The summed E-state index contributed by atoms with van der Waals surface area (Å²) in [4.78, 5) is 12.6. The number of carbonyl (C=O) groups excluding carboxylic acids is 1. The van der Waals surface area contributed by atoms with Crippen molar-refractivity contribution in [2.45, 2.75) is 56.1 Å². The maximum absolute atomic E-state index is 12.6. The first-order valence-corrected chi connectivity index (χ1v) is 8.14. The summed E-state index contributed by atoms with van der Waals surface area (Å²) in [7, 11) is 0. The zero-order valence-corrected chi connectivity index (χ0v) is 13.0. The smallest absolute Gasteiger partial charge is 0.230 e. The van der Waals surface area contributed by atoms with Gasteiger partial charge in [0.05, 0.1) is 11.5 Å². The molecule has 0 atom stereocenters. The third-order valence-electron chi connectivity index (χ3n) is 4.59. The fourth-order valence-corrected chi connectivity index (χ4v) is 3.50. The molecular weight excluding hydrogens is 318 g/mol. The van der Waals surface area contributed by atoms with Gasteiger partial charge in [0.15, 0.2) is 0 Å². The Hall–Kier alpha value is -0.870. The lowest BCUT2D eigenvalue weighted by molar-refractivity contribution is -0.124. The van der Waals surface area contributed by atoms with E-state index in [9.17, 15) is 9.90 Å². The summed E-state index contributed by atoms with van der Waals surface area (Å²) >= 11 is 3.48. The van der Waals surface area contributed by atoms with Crippen LogP contribution in [-0.4, -0.2) is 23.2 Å². The number of amides is 1. The van der Waals surface area contributed by atoms with Gasteiger partial charge < -0.3 is 10.4 Å². The van der Waals surface area contributed by atoms with Crippen molar-refractivity contribution in [2.75, 3.05) is 0 Å². The van der Waals surface area contributed by atoms with Crippen LogP contribution >= 0.6 is 15.9 Å². The van der Waals surface area contributed by atoms with E-state index >= 15 is 0 Å². The highest BCUT2D eigenvalue weighted by atomic mass is 79.9. The molecule has 0 aliphatic heterocycles. The Labute approximate surface area is 127 Å². The minimum absolute atomic E-state index is 0.164. The van der Waals surface area contributed by atoms with Gasteiger partial charge in [0.1, 0.15) is 0 Å². The molecule has 1 amide bonds. The second kappa shape index (κ2) is 5.49. The van der Waals surface area contributed by atoms with Crippen molar-refractivity contribution >= 4 is 21.8 Å². The van der Waals surface area contributed by atoms with Crippen LogP contribution in [0.4, 0.5) is 0 Å². The summed E-state index contributed by atoms with van der Waals surface area (Å²) in [5.41, 5.74) is 0.806. The minimum Gasteiger partial charge on any atom is -0.393 e. The maximum atomic E-state index is 12.6. The van der Waals surface area contributed by atoms with E-state index < -0.39 is 0 Å². The first-order valence-electron chi connectivity index (χ1n) is 7.35. The second-order valence-electron chi connectivity index (χ2n) is 6.07. The Morgan fingerprint density at radius 1 is 1.25 bits per heavy atom. The molecule has 0 aromatic heterocycles. The first kappa shape index (κ1) is 14.1. The summed E-state index contributed by atoms with van der Waals surface area (Å²) < 4.78 is 1.02. The van der Waals surface area contributed by atoms with Crippen LogP contribution in [0.25, 0.3) is 0 Å². The standard InChI is InChI=1S/C16H20BrNO2/c17-12-3-1-2-11(10-12)16(8-9-16)15(20)18-13-4-6-14(19)7-5-13/h1-3,10,13-14,19H,4-9H2,(H,18,20). The van der Waals surface area contributed by atoms with E-state index in [4.69, 9.17) is 0 Å². The van der Waals surface area contributed by atoms with Crippen molar-refractivity contribution in [3.05, 3.63) is 34.3 Å². The van der Waals surface area contributed by atoms with E-state index in [-0.39, 0.29) is 23.5 Å². The number of nitrogens with one attached hydrogen (secondary N) is 1. The van der Waals surface area contributed by atoms with Crippen molar-refractivity contribution in [1.82, 2.24) is 5.32 Å². The highest BCUT2D eigenvalue weighted by Crippen LogP contribution is 2.49. The molecule has 2 N–H and O–H groups in total. The number of rotatable bonds is 3. The van der Waals surface area contributed by atoms with Crippen molar-refractivity contribution in [2.24, 2.45) is 0 Å². The lowest BCUT2D eigenvalue weighted by Crippen LogP contribution is -2.43. The van der Waals surface area contributed by atoms with Crippen LogP contribution in [0.15, 0.2) is 28.7 Å². The van der Waals surface area contributed by atoms with Crippen LogP contribution in [0.1, 0.15) is 44.1 Å². The van der Waals surface area contributed by atoms with Gasteiger partial charge in [0.25, 0.3) is 0 Å². The quantitative estimate of drug-likeness (QED) is 0.890. The average molecular weight is 338 g/mol. The van der Waals surface area contributed by atoms with Crippen molar-refractivity contribution < 1.29 is 9.90 Å². The molecule has 2 fully saturated rings. The van der Waals surface area contributed by atoms with E-state index in [1.54, 1.807) is 0 Å². The lowest BCUT2D eigenvalue weighted by Gasteiger charge is -2.28. The van der Waals surface area contributed by atoms with E-state index in [1.807, 2.05) is 18.2 Å². The van der Waals surface area contributed by atoms with Gasteiger partial charge in [-0.25, -0.2) is 0 Å². The van der Waals surface area contributed by atoms with Gasteiger partial charge >= 0.3 is 0 Å². The van der Waals surface area contributed by atoms with Gasteiger partial charge in [0.2, 0.25) is 5.91 Å².